The number of anilines is 1. The maximum atomic E-state index is 11.6. The molecule has 1 aliphatic heterocycles. The standard InChI is InChI=1S/C15H16N6O3S/c1-24-12-4-2-11(3-5-12)21-14-13(19-20-21)8-16-15(18-14)17-10-6-7-25(22,23)9-10/h2-5,8,10H,6-7,9H2,1H3,(H,16,17,18). The minimum absolute atomic E-state index is 0.102. The van der Waals surface area contributed by atoms with Gasteiger partial charge in [0.15, 0.2) is 21.0 Å². The number of hydrogen-bond donors (Lipinski definition) is 1. The van der Waals surface area contributed by atoms with E-state index >= 15 is 0 Å². The van der Waals surface area contributed by atoms with Crippen LogP contribution in [0.2, 0.25) is 0 Å². The van der Waals surface area contributed by atoms with Crippen molar-refractivity contribution in [2.45, 2.75) is 12.5 Å². The van der Waals surface area contributed by atoms with Crippen molar-refractivity contribution in [2.75, 3.05) is 23.9 Å². The lowest BCUT2D eigenvalue weighted by Crippen LogP contribution is -2.22. The first kappa shape index (κ1) is 15.8. The topological polar surface area (TPSA) is 112 Å². The van der Waals surface area contributed by atoms with E-state index in [2.05, 4.69) is 25.6 Å². The van der Waals surface area contributed by atoms with Crippen molar-refractivity contribution in [3.8, 4) is 11.4 Å². The predicted molar refractivity (Wildman–Crippen MR) is 91.7 cm³/mol. The summed E-state index contributed by atoms with van der Waals surface area (Å²) in [6, 6.07) is 7.18. The monoisotopic (exact) mass is 360 g/mol. The second kappa shape index (κ2) is 5.96. The Morgan fingerprint density at radius 2 is 2.08 bits per heavy atom. The minimum atomic E-state index is -2.96. The summed E-state index contributed by atoms with van der Waals surface area (Å²) >= 11 is 0. The molecule has 1 unspecified atom stereocenters. The number of aromatic nitrogens is 5. The lowest BCUT2D eigenvalue weighted by molar-refractivity contribution is 0.414. The van der Waals surface area contributed by atoms with Crippen molar-refractivity contribution in [1.29, 1.82) is 0 Å². The average molecular weight is 360 g/mol. The maximum absolute atomic E-state index is 11.6. The van der Waals surface area contributed by atoms with Gasteiger partial charge in [-0.3, -0.25) is 0 Å². The number of hydrogen-bond acceptors (Lipinski definition) is 8. The lowest BCUT2D eigenvalue weighted by atomic mass is 10.3. The molecule has 1 atom stereocenters. The molecule has 1 aromatic carbocycles. The van der Waals surface area contributed by atoms with Crippen LogP contribution in [0.25, 0.3) is 16.9 Å². The molecule has 1 saturated heterocycles. The number of sulfone groups is 1. The molecule has 10 heteroatoms. The number of ether oxygens (including phenoxy) is 1. The predicted octanol–water partition coefficient (Wildman–Crippen LogP) is 0.818. The Morgan fingerprint density at radius 1 is 1.28 bits per heavy atom. The third kappa shape index (κ3) is 3.12. The fourth-order valence-electron chi connectivity index (χ4n) is 2.79. The summed E-state index contributed by atoms with van der Waals surface area (Å²) in [6.45, 7) is 0. The van der Waals surface area contributed by atoms with Crippen molar-refractivity contribution in [2.24, 2.45) is 0 Å². The maximum Gasteiger partial charge on any atom is 0.225 e. The van der Waals surface area contributed by atoms with Gasteiger partial charge in [0.2, 0.25) is 5.95 Å². The molecule has 25 heavy (non-hydrogen) atoms. The van der Waals surface area contributed by atoms with Crippen molar-refractivity contribution in [3.63, 3.8) is 0 Å². The molecule has 0 spiro atoms. The second-order valence-electron chi connectivity index (χ2n) is 5.85. The van der Waals surface area contributed by atoms with Crippen molar-refractivity contribution >= 4 is 26.9 Å². The van der Waals surface area contributed by atoms with Gasteiger partial charge in [-0.05, 0) is 30.7 Å². The summed E-state index contributed by atoms with van der Waals surface area (Å²) in [5, 5.41) is 11.3. The van der Waals surface area contributed by atoms with Crippen molar-refractivity contribution in [1.82, 2.24) is 25.0 Å². The fraction of sp³-hybridized carbons (Fsp3) is 0.333. The summed E-state index contributed by atoms with van der Waals surface area (Å²) in [4.78, 5) is 8.65. The summed E-state index contributed by atoms with van der Waals surface area (Å²) in [6.07, 6.45) is 2.13. The largest absolute Gasteiger partial charge is 0.497 e. The third-order valence-corrected chi connectivity index (χ3v) is 5.84. The van der Waals surface area contributed by atoms with Gasteiger partial charge < -0.3 is 10.1 Å². The Hall–Kier alpha value is -2.75. The molecule has 0 aliphatic carbocycles. The zero-order valence-electron chi connectivity index (χ0n) is 13.5. The fourth-order valence-corrected chi connectivity index (χ4v) is 4.46. The molecule has 1 aliphatic rings. The molecular weight excluding hydrogens is 344 g/mol. The number of nitrogens with one attached hydrogen (secondary N) is 1. The highest BCUT2D eigenvalue weighted by Gasteiger charge is 2.28. The normalized spacial score (nSPS) is 19.2. The van der Waals surface area contributed by atoms with E-state index in [9.17, 15) is 8.42 Å². The van der Waals surface area contributed by atoms with Gasteiger partial charge in [0.1, 0.15) is 5.75 Å². The first-order valence-electron chi connectivity index (χ1n) is 7.74. The van der Waals surface area contributed by atoms with Gasteiger partial charge in [-0.2, -0.15) is 9.67 Å². The van der Waals surface area contributed by atoms with Gasteiger partial charge in [0, 0.05) is 6.04 Å². The third-order valence-electron chi connectivity index (χ3n) is 4.08. The van der Waals surface area contributed by atoms with Gasteiger partial charge in [-0.25, -0.2) is 13.4 Å². The first-order valence-corrected chi connectivity index (χ1v) is 9.56. The number of fused-ring (bicyclic) bond motifs is 1. The lowest BCUT2D eigenvalue weighted by Gasteiger charge is -2.10. The highest BCUT2D eigenvalue weighted by Crippen LogP contribution is 2.20. The number of benzene rings is 1. The molecule has 3 aromatic rings. The smallest absolute Gasteiger partial charge is 0.225 e. The summed E-state index contributed by atoms with van der Waals surface area (Å²) in [5.41, 5.74) is 1.89. The quantitative estimate of drug-likeness (QED) is 0.728. The van der Waals surface area contributed by atoms with Crippen LogP contribution in [0.4, 0.5) is 5.95 Å². The van der Waals surface area contributed by atoms with Gasteiger partial charge >= 0.3 is 0 Å². The summed E-state index contributed by atoms with van der Waals surface area (Å²) in [5.74, 6) is 1.40. The van der Waals surface area contributed by atoms with E-state index in [1.54, 1.807) is 18.0 Å². The molecule has 0 saturated carbocycles. The SMILES string of the molecule is COc1ccc(-n2nnc3cnc(NC4CCS(=O)(=O)C4)nc32)cc1. The Morgan fingerprint density at radius 3 is 2.76 bits per heavy atom. The van der Waals surface area contributed by atoms with Crippen LogP contribution in [0, 0.1) is 0 Å². The number of rotatable bonds is 4. The minimum Gasteiger partial charge on any atom is -0.497 e. The van der Waals surface area contributed by atoms with E-state index in [0.29, 0.717) is 23.5 Å². The molecule has 9 nitrogen and oxygen atoms in total. The Labute approximate surface area is 144 Å². The molecule has 1 N–H and O–H groups in total. The molecule has 130 valence electrons. The molecule has 3 heterocycles. The van der Waals surface area contributed by atoms with Crippen LogP contribution < -0.4 is 10.1 Å². The van der Waals surface area contributed by atoms with Crippen LogP contribution in [-0.2, 0) is 9.84 Å². The molecule has 0 amide bonds. The number of nitrogens with zero attached hydrogens (tertiary/aromatic N) is 5. The number of methoxy groups -OCH3 is 1. The van der Waals surface area contributed by atoms with Gasteiger partial charge in [-0.15, -0.1) is 5.10 Å². The summed E-state index contributed by atoms with van der Waals surface area (Å²) in [7, 11) is -1.36. The van der Waals surface area contributed by atoms with Crippen LogP contribution in [0.5, 0.6) is 5.75 Å². The summed E-state index contributed by atoms with van der Waals surface area (Å²) < 4.78 is 29.9. The highest BCUT2D eigenvalue weighted by atomic mass is 32.2. The van der Waals surface area contributed by atoms with E-state index in [0.717, 1.165) is 11.4 Å². The Kier molecular flexibility index (Phi) is 3.75. The zero-order valence-corrected chi connectivity index (χ0v) is 14.3. The highest BCUT2D eigenvalue weighted by molar-refractivity contribution is 7.91. The van der Waals surface area contributed by atoms with Crippen LogP contribution in [0.3, 0.4) is 0 Å². The zero-order chi connectivity index (χ0) is 17.4. The van der Waals surface area contributed by atoms with Crippen LogP contribution in [0.15, 0.2) is 30.5 Å². The van der Waals surface area contributed by atoms with E-state index in [4.69, 9.17) is 4.74 Å². The van der Waals surface area contributed by atoms with Gasteiger partial charge in [0.05, 0.1) is 30.5 Å². The van der Waals surface area contributed by atoms with Crippen LogP contribution in [0.1, 0.15) is 6.42 Å². The average Bonchev–Trinajstić information content (AvgIpc) is 3.17. The van der Waals surface area contributed by atoms with E-state index < -0.39 is 9.84 Å². The molecule has 4 rings (SSSR count). The molecular formula is C15H16N6O3S. The van der Waals surface area contributed by atoms with Gasteiger partial charge in [0.25, 0.3) is 0 Å². The van der Waals surface area contributed by atoms with E-state index in [1.807, 2.05) is 24.3 Å². The van der Waals surface area contributed by atoms with Gasteiger partial charge in [-0.1, -0.05) is 5.21 Å². The van der Waals surface area contributed by atoms with Crippen LogP contribution >= 0.6 is 0 Å². The van der Waals surface area contributed by atoms with Crippen molar-refractivity contribution < 1.29 is 13.2 Å². The molecule has 1 fully saturated rings. The van der Waals surface area contributed by atoms with E-state index in [-0.39, 0.29) is 17.5 Å². The molecule has 0 bridgehead atoms. The second-order valence-corrected chi connectivity index (χ2v) is 8.07. The first-order chi connectivity index (χ1) is 12.0. The Balaban J connectivity index is 1.65. The Bertz CT molecular complexity index is 1020. The molecule has 2 aromatic heterocycles. The van der Waals surface area contributed by atoms with Crippen molar-refractivity contribution in [3.05, 3.63) is 30.5 Å². The van der Waals surface area contributed by atoms with Crippen LogP contribution in [-0.4, -0.2) is 58.0 Å². The van der Waals surface area contributed by atoms with E-state index in [1.165, 1.54) is 0 Å². The molecule has 0 radical (unpaired) electrons.